The van der Waals surface area contributed by atoms with Gasteiger partial charge in [0.15, 0.2) is 0 Å². The molecular weight excluding hydrogens is 154 g/mol. The molecule has 1 aliphatic carbocycles. The first-order chi connectivity index (χ1) is 5.07. The van der Waals surface area contributed by atoms with Crippen molar-refractivity contribution in [2.75, 3.05) is 6.54 Å². The van der Waals surface area contributed by atoms with E-state index in [9.17, 15) is 13.6 Å². The largest absolute Gasteiger partial charge is 0.352 e. The van der Waals surface area contributed by atoms with Gasteiger partial charge in [-0.05, 0) is 12.8 Å². The number of nitrogens with two attached hydrogens (primary N) is 1. The molecule has 0 radical (unpaired) electrons. The lowest BCUT2D eigenvalue weighted by atomic mass is 10.1. The fourth-order valence-electron chi connectivity index (χ4n) is 0.896. The molecular formula is C6H10F2N2O. The van der Waals surface area contributed by atoms with E-state index in [2.05, 4.69) is 5.32 Å². The van der Waals surface area contributed by atoms with Crippen molar-refractivity contribution in [1.29, 1.82) is 0 Å². The number of rotatable bonds is 3. The molecule has 0 unspecified atom stereocenters. The van der Waals surface area contributed by atoms with Crippen LogP contribution in [0, 0.1) is 5.41 Å². The highest BCUT2D eigenvalue weighted by atomic mass is 19.3. The number of alkyl halides is 2. The SMILES string of the molecule is NC(=O)NCC1(C(F)F)CC1. The minimum Gasteiger partial charge on any atom is -0.352 e. The maximum atomic E-state index is 12.1. The van der Waals surface area contributed by atoms with Gasteiger partial charge in [-0.1, -0.05) is 0 Å². The van der Waals surface area contributed by atoms with Gasteiger partial charge in [-0.2, -0.15) is 0 Å². The van der Waals surface area contributed by atoms with E-state index in [1.165, 1.54) is 0 Å². The Hall–Kier alpha value is -0.870. The summed E-state index contributed by atoms with van der Waals surface area (Å²) in [7, 11) is 0. The first kappa shape index (κ1) is 8.23. The van der Waals surface area contributed by atoms with Crippen LogP contribution in [-0.4, -0.2) is 19.0 Å². The zero-order valence-electron chi connectivity index (χ0n) is 5.94. The van der Waals surface area contributed by atoms with E-state index in [1.54, 1.807) is 0 Å². The van der Waals surface area contributed by atoms with Crippen LogP contribution >= 0.6 is 0 Å². The fraction of sp³-hybridized carbons (Fsp3) is 0.833. The highest BCUT2D eigenvalue weighted by Gasteiger charge is 2.50. The lowest BCUT2D eigenvalue weighted by Crippen LogP contribution is -2.36. The summed E-state index contributed by atoms with van der Waals surface area (Å²) in [6.45, 7) is 0. The number of halogens is 2. The Kier molecular flexibility index (Phi) is 1.97. The number of nitrogens with one attached hydrogen (secondary N) is 1. The molecule has 11 heavy (non-hydrogen) atoms. The highest BCUT2D eigenvalue weighted by molar-refractivity contribution is 5.71. The molecule has 1 rings (SSSR count). The monoisotopic (exact) mass is 164 g/mol. The van der Waals surface area contributed by atoms with Crippen molar-refractivity contribution < 1.29 is 13.6 Å². The van der Waals surface area contributed by atoms with E-state index >= 15 is 0 Å². The lowest BCUT2D eigenvalue weighted by molar-refractivity contribution is 0.0630. The zero-order valence-corrected chi connectivity index (χ0v) is 5.94. The molecule has 0 saturated heterocycles. The van der Waals surface area contributed by atoms with E-state index in [1.807, 2.05) is 0 Å². The third-order valence-electron chi connectivity index (χ3n) is 1.97. The second kappa shape index (κ2) is 2.64. The molecule has 3 nitrogen and oxygen atoms in total. The molecule has 2 amide bonds. The van der Waals surface area contributed by atoms with Gasteiger partial charge in [-0.3, -0.25) is 0 Å². The van der Waals surface area contributed by atoms with Gasteiger partial charge in [-0.15, -0.1) is 0 Å². The van der Waals surface area contributed by atoms with Gasteiger partial charge >= 0.3 is 6.03 Å². The summed E-state index contributed by atoms with van der Waals surface area (Å²) in [6.07, 6.45) is -1.40. The predicted molar refractivity (Wildman–Crippen MR) is 35.3 cm³/mol. The second-order valence-corrected chi connectivity index (χ2v) is 2.88. The molecule has 1 saturated carbocycles. The van der Waals surface area contributed by atoms with Crippen LogP contribution < -0.4 is 11.1 Å². The van der Waals surface area contributed by atoms with Gasteiger partial charge in [0.25, 0.3) is 0 Å². The van der Waals surface area contributed by atoms with Crippen LogP contribution in [0.2, 0.25) is 0 Å². The Balaban J connectivity index is 2.30. The Morgan fingerprint density at radius 2 is 2.18 bits per heavy atom. The van der Waals surface area contributed by atoms with Crippen molar-refractivity contribution in [2.24, 2.45) is 11.1 Å². The molecule has 0 atom stereocenters. The molecule has 0 aromatic rings. The molecule has 0 aliphatic heterocycles. The number of amides is 2. The topological polar surface area (TPSA) is 55.1 Å². The molecule has 1 fully saturated rings. The second-order valence-electron chi connectivity index (χ2n) is 2.88. The van der Waals surface area contributed by atoms with Crippen molar-refractivity contribution in [1.82, 2.24) is 5.32 Å². The van der Waals surface area contributed by atoms with E-state index in [0.29, 0.717) is 12.8 Å². The smallest absolute Gasteiger partial charge is 0.312 e. The summed E-state index contributed by atoms with van der Waals surface area (Å²) in [4.78, 5) is 10.2. The molecule has 0 aromatic heterocycles. The minimum atomic E-state index is -2.35. The molecule has 0 spiro atoms. The van der Waals surface area contributed by atoms with Gasteiger partial charge in [0.2, 0.25) is 6.43 Å². The van der Waals surface area contributed by atoms with Crippen molar-refractivity contribution in [3.63, 3.8) is 0 Å². The highest BCUT2D eigenvalue weighted by Crippen LogP contribution is 2.49. The van der Waals surface area contributed by atoms with E-state index in [-0.39, 0.29) is 6.54 Å². The molecule has 1 aliphatic rings. The molecule has 3 N–H and O–H groups in total. The molecule has 0 aromatic carbocycles. The number of carbonyl (C=O) groups is 1. The zero-order chi connectivity index (χ0) is 8.48. The van der Waals surface area contributed by atoms with Gasteiger partial charge in [-0.25, -0.2) is 13.6 Å². The standard InChI is InChI=1S/C6H10F2N2O/c7-4(8)6(1-2-6)3-10-5(9)11/h4H,1-3H2,(H3,9,10,11). The Morgan fingerprint density at radius 3 is 2.45 bits per heavy atom. The van der Waals surface area contributed by atoms with Gasteiger partial charge < -0.3 is 11.1 Å². The Bertz CT molecular complexity index is 168. The molecule has 0 bridgehead atoms. The summed E-state index contributed by atoms with van der Waals surface area (Å²) in [5, 5.41) is 2.19. The summed E-state index contributed by atoms with van der Waals surface area (Å²) in [5.41, 5.74) is 3.77. The van der Waals surface area contributed by atoms with Crippen LogP contribution in [0.15, 0.2) is 0 Å². The van der Waals surface area contributed by atoms with Crippen LogP contribution in [0.1, 0.15) is 12.8 Å². The summed E-state index contributed by atoms with van der Waals surface area (Å²) in [5.74, 6) is 0. The maximum Gasteiger partial charge on any atom is 0.312 e. The lowest BCUT2D eigenvalue weighted by Gasteiger charge is -2.12. The van der Waals surface area contributed by atoms with Crippen LogP contribution in [0.4, 0.5) is 13.6 Å². The third kappa shape index (κ3) is 1.78. The van der Waals surface area contributed by atoms with E-state index < -0.39 is 17.9 Å². The fourth-order valence-corrected chi connectivity index (χ4v) is 0.896. The van der Waals surface area contributed by atoms with Crippen molar-refractivity contribution in [3.8, 4) is 0 Å². The van der Waals surface area contributed by atoms with Crippen molar-refractivity contribution in [2.45, 2.75) is 19.3 Å². The quantitative estimate of drug-likeness (QED) is 0.633. The maximum absolute atomic E-state index is 12.1. The Morgan fingerprint density at radius 1 is 1.64 bits per heavy atom. The predicted octanol–water partition coefficient (Wildman–Crippen LogP) is 0.700. The minimum absolute atomic E-state index is 0. The van der Waals surface area contributed by atoms with E-state index in [0.717, 1.165) is 0 Å². The first-order valence-corrected chi connectivity index (χ1v) is 3.38. The number of hydrogen-bond donors (Lipinski definition) is 2. The molecule has 5 heteroatoms. The van der Waals surface area contributed by atoms with Crippen molar-refractivity contribution >= 4 is 6.03 Å². The number of hydrogen-bond acceptors (Lipinski definition) is 1. The van der Waals surface area contributed by atoms with Crippen LogP contribution in [-0.2, 0) is 0 Å². The number of urea groups is 1. The van der Waals surface area contributed by atoms with Crippen LogP contribution in [0.3, 0.4) is 0 Å². The average molecular weight is 164 g/mol. The summed E-state index contributed by atoms with van der Waals surface area (Å²) in [6, 6.07) is -0.739. The van der Waals surface area contributed by atoms with Gasteiger partial charge in [0.05, 0.1) is 0 Å². The summed E-state index contributed by atoms with van der Waals surface area (Å²) >= 11 is 0. The number of carbonyl (C=O) groups excluding carboxylic acids is 1. The number of primary amides is 1. The third-order valence-corrected chi connectivity index (χ3v) is 1.97. The summed E-state index contributed by atoms with van der Waals surface area (Å²) < 4.78 is 24.3. The first-order valence-electron chi connectivity index (χ1n) is 3.38. The van der Waals surface area contributed by atoms with Crippen LogP contribution in [0.5, 0.6) is 0 Å². The molecule has 64 valence electrons. The van der Waals surface area contributed by atoms with E-state index in [4.69, 9.17) is 5.73 Å². The normalized spacial score (nSPS) is 19.9. The molecule has 0 heterocycles. The van der Waals surface area contributed by atoms with Crippen molar-refractivity contribution in [3.05, 3.63) is 0 Å². The van der Waals surface area contributed by atoms with Gasteiger partial charge in [0, 0.05) is 12.0 Å². The average Bonchev–Trinajstić information content (AvgIpc) is 2.63. The van der Waals surface area contributed by atoms with Crippen LogP contribution in [0.25, 0.3) is 0 Å². The van der Waals surface area contributed by atoms with Gasteiger partial charge in [0.1, 0.15) is 0 Å². The Labute approximate surface area is 62.9 Å².